The Hall–Kier alpha value is -1.09. The third kappa shape index (κ3) is 2.51. The molecule has 0 fully saturated rings. The Bertz CT molecular complexity index is 286. The lowest BCUT2D eigenvalue weighted by molar-refractivity contribution is 0.415. The van der Waals surface area contributed by atoms with Gasteiger partial charge in [-0.3, -0.25) is 0 Å². The zero-order valence-electron chi connectivity index (χ0n) is 7.13. The van der Waals surface area contributed by atoms with Gasteiger partial charge >= 0.3 is 0 Å². The Balaban J connectivity index is 2.79. The molecular formula is C9H11NOS. The molecule has 0 saturated carbocycles. The van der Waals surface area contributed by atoms with Crippen molar-refractivity contribution in [2.75, 3.05) is 12.4 Å². The van der Waals surface area contributed by atoms with Crippen LogP contribution < -0.4 is 10.1 Å². The van der Waals surface area contributed by atoms with E-state index >= 15 is 0 Å². The van der Waals surface area contributed by atoms with Gasteiger partial charge in [-0.25, -0.2) is 0 Å². The van der Waals surface area contributed by atoms with Crippen molar-refractivity contribution in [1.29, 1.82) is 0 Å². The van der Waals surface area contributed by atoms with Crippen LogP contribution in [0.3, 0.4) is 0 Å². The molecule has 0 atom stereocenters. The number of rotatable bonds is 2. The van der Waals surface area contributed by atoms with Crippen molar-refractivity contribution < 1.29 is 4.74 Å². The fourth-order valence-corrected chi connectivity index (χ4v) is 1.02. The molecule has 2 nitrogen and oxygen atoms in total. The summed E-state index contributed by atoms with van der Waals surface area (Å²) in [5, 5.41) is 3.03. The Morgan fingerprint density at radius 3 is 2.83 bits per heavy atom. The van der Waals surface area contributed by atoms with E-state index in [1.54, 1.807) is 7.11 Å². The highest BCUT2D eigenvalue weighted by atomic mass is 32.1. The lowest BCUT2D eigenvalue weighted by Crippen LogP contribution is -2.02. The highest BCUT2D eigenvalue weighted by molar-refractivity contribution is 7.80. The summed E-state index contributed by atoms with van der Waals surface area (Å²) in [4.78, 5) is 0.753. The molecule has 0 amide bonds. The van der Waals surface area contributed by atoms with E-state index in [9.17, 15) is 0 Å². The second-order valence-electron chi connectivity index (χ2n) is 2.41. The van der Waals surface area contributed by atoms with Gasteiger partial charge in [0.15, 0.2) is 0 Å². The molecule has 0 aliphatic rings. The molecule has 1 rings (SSSR count). The van der Waals surface area contributed by atoms with Gasteiger partial charge in [0.2, 0.25) is 0 Å². The predicted octanol–water partition coefficient (Wildman–Crippen LogP) is 2.45. The molecule has 3 heteroatoms. The van der Waals surface area contributed by atoms with E-state index in [0.717, 1.165) is 16.4 Å². The predicted molar refractivity (Wildman–Crippen MR) is 54.9 cm³/mol. The number of thiocarbonyl (C=S) groups is 1. The van der Waals surface area contributed by atoms with Crippen LogP contribution in [0.4, 0.5) is 5.69 Å². The smallest absolute Gasteiger partial charge is 0.120 e. The minimum atomic E-state index is 0.753. The van der Waals surface area contributed by atoms with Crippen molar-refractivity contribution in [2.24, 2.45) is 0 Å². The number of benzene rings is 1. The number of methoxy groups -OCH3 is 1. The summed E-state index contributed by atoms with van der Waals surface area (Å²) in [6.07, 6.45) is 0. The number of nitrogens with one attached hydrogen (secondary N) is 1. The van der Waals surface area contributed by atoms with Crippen molar-refractivity contribution >= 4 is 22.9 Å². The van der Waals surface area contributed by atoms with Gasteiger partial charge in [-0.2, -0.15) is 0 Å². The Labute approximate surface area is 77.5 Å². The van der Waals surface area contributed by atoms with Crippen LogP contribution in [0.2, 0.25) is 0 Å². The Morgan fingerprint density at radius 1 is 1.50 bits per heavy atom. The summed E-state index contributed by atoms with van der Waals surface area (Å²) in [5.74, 6) is 0.830. The largest absolute Gasteiger partial charge is 0.497 e. The van der Waals surface area contributed by atoms with Crippen LogP contribution in [0.25, 0.3) is 0 Å². The molecular weight excluding hydrogens is 170 g/mol. The molecule has 0 aromatic heterocycles. The normalized spacial score (nSPS) is 9.17. The van der Waals surface area contributed by atoms with Crippen LogP contribution in [0.15, 0.2) is 24.3 Å². The van der Waals surface area contributed by atoms with Crippen molar-refractivity contribution in [3.63, 3.8) is 0 Å². The van der Waals surface area contributed by atoms with Crippen molar-refractivity contribution in [1.82, 2.24) is 0 Å². The van der Waals surface area contributed by atoms with E-state index in [-0.39, 0.29) is 0 Å². The lowest BCUT2D eigenvalue weighted by Gasteiger charge is -2.05. The van der Waals surface area contributed by atoms with Crippen molar-refractivity contribution in [3.8, 4) is 5.75 Å². The minimum absolute atomic E-state index is 0.753. The standard InChI is InChI=1S/C9H11NOS/c1-7(12)10-8-4-3-5-9(6-8)11-2/h3-6H,1-2H3,(H,10,12). The fourth-order valence-electron chi connectivity index (χ4n) is 0.904. The average molecular weight is 181 g/mol. The second kappa shape index (κ2) is 4.07. The second-order valence-corrected chi connectivity index (χ2v) is 3.03. The minimum Gasteiger partial charge on any atom is -0.497 e. The Morgan fingerprint density at radius 2 is 2.25 bits per heavy atom. The summed E-state index contributed by atoms with van der Waals surface area (Å²) >= 11 is 4.91. The molecule has 1 aromatic rings. The van der Waals surface area contributed by atoms with E-state index in [1.807, 2.05) is 31.2 Å². The maximum Gasteiger partial charge on any atom is 0.120 e. The highest BCUT2D eigenvalue weighted by Crippen LogP contribution is 2.16. The highest BCUT2D eigenvalue weighted by Gasteiger charge is 1.94. The van der Waals surface area contributed by atoms with E-state index in [0.29, 0.717) is 0 Å². The molecule has 0 spiro atoms. The van der Waals surface area contributed by atoms with Gasteiger partial charge in [0.1, 0.15) is 5.75 Å². The van der Waals surface area contributed by atoms with Crippen LogP contribution in [0.5, 0.6) is 5.75 Å². The van der Waals surface area contributed by atoms with Gasteiger partial charge in [0.05, 0.1) is 12.1 Å². The fraction of sp³-hybridized carbons (Fsp3) is 0.222. The van der Waals surface area contributed by atoms with E-state index < -0.39 is 0 Å². The molecule has 0 unspecified atom stereocenters. The first kappa shape index (κ1) is 9.00. The number of ether oxygens (including phenoxy) is 1. The topological polar surface area (TPSA) is 21.3 Å². The maximum absolute atomic E-state index is 5.05. The molecule has 0 bridgehead atoms. The molecule has 64 valence electrons. The summed E-state index contributed by atoms with van der Waals surface area (Å²) in [6.45, 7) is 1.84. The van der Waals surface area contributed by atoms with E-state index in [1.165, 1.54) is 0 Å². The molecule has 0 heterocycles. The van der Waals surface area contributed by atoms with Crippen molar-refractivity contribution in [3.05, 3.63) is 24.3 Å². The number of anilines is 1. The van der Waals surface area contributed by atoms with Gasteiger partial charge in [0.25, 0.3) is 0 Å². The molecule has 1 N–H and O–H groups in total. The summed E-state index contributed by atoms with van der Waals surface area (Å²) in [5.41, 5.74) is 0.960. The third-order valence-corrected chi connectivity index (χ3v) is 1.49. The molecule has 0 radical (unpaired) electrons. The van der Waals surface area contributed by atoms with Gasteiger partial charge < -0.3 is 10.1 Å². The third-order valence-electron chi connectivity index (χ3n) is 1.39. The molecule has 12 heavy (non-hydrogen) atoms. The SMILES string of the molecule is COc1cccc(NC(C)=S)c1. The van der Waals surface area contributed by atoms with Gasteiger partial charge in [-0.1, -0.05) is 18.3 Å². The zero-order valence-corrected chi connectivity index (χ0v) is 7.94. The number of hydrogen-bond acceptors (Lipinski definition) is 2. The van der Waals surface area contributed by atoms with Crippen LogP contribution in [0.1, 0.15) is 6.92 Å². The summed E-state index contributed by atoms with van der Waals surface area (Å²) < 4.78 is 5.05. The first-order chi connectivity index (χ1) is 5.72. The first-order valence-corrected chi connectivity index (χ1v) is 4.05. The van der Waals surface area contributed by atoms with Crippen LogP contribution >= 0.6 is 12.2 Å². The molecule has 0 aliphatic carbocycles. The van der Waals surface area contributed by atoms with Crippen LogP contribution in [0, 0.1) is 0 Å². The molecule has 0 aliphatic heterocycles. The van der Waals surface area contributed by atoms with Crippen molar-refractivity contribution in [2.45, 2.75) is 6.92 Å². The van der Waals surface area contributed by atoms with Gasteiger partial charge in [-0.15, -0.1) is 0 Å². The molecule has 0 saturated heterocycles. The lowest BCUT2D eigenvalue weighted by atomic mass is 10.3. The molecule has 1 aromatic carbocycles. The Kier molecular flexibility index (Phi) is 3.05. The van der Waals surface area contributed by atoms with E-state index in [4.69, 9.17) is 17.0 Å². The van der Waals surface area contributed by atoms with Gasteiger partial charge in [-0.05, 0) is 19.1 Å². The monoisotopic (exact) mass is 181 g/mol. The average Bonchev–Trinajstić information content (AvgIpc) is 2.03. The zero-order chi connectivity index (χ0) is 8.97. The summed E-state index contributed by atoms with van der Waals surface area (Å²) in [7, 11) is 1.64. The van der Waals surface area contributed by atoms with E-state index in [2.05, 4.69) is 5.32 Å². The first-order valence-electron chi connectivity index (χ1n) is 3.64. The van der Waals surface area contributed by atoms with Crippen LogP contribution in [-0.2, 0) is 0 Å². The number of hydrogen-bond donors (Lipinski definition) is 1. The van der Waals surface area contributed by atoms with Gasteiger partial charge in [0, 0.05) is 11.8 Å². The quantitative estimate of drug-likeness (QED) is 0.708. The maximum atomic E-state index is 5.05. The van der Waals surface area contributed by atoms with Crippen LogP contribution in [-0.4, -0.2) is 12.1 Å². The summed E-state index contributed by atoms with van der Waals surface area (Å²) in [6, 6.07) is 7.65.